The molecule has 4 rings (SSSR count). The summed E-state index contributed by atoms with van der Waals surface area (Å²) in [7, 11) is 0. The van der Waals surface area contributed by atoms with Crippen LogP contribution in [0.4, 0.5) is 13.2 Å². The van der Waals surface area contributed by atoms with Gasteiger partial charge in [0.15, 0.2) is 11.0 Å². The van der Waals surface area contributed by atoms with Gasteiger partial charge in [-0.3, -0.25) is 14.3 Å². The number of halogens is 3. The molecular formula is C22H28F3N5O2S. The Morgan fingerprint density at radius 1 is 1.15 bits per heavy atom. The predicted molar refractivity (Wildman–Crippen MR) is 118 cm³/mol. The van der Waals surface area contributed by atoms with E-state index < -0.39 is 11.7 Å². The Hall–Kier alpha value is -2.11. The molecule has 1 unspecified atom stereocenters. The topological polar surface area (TPSA) is 72.3 Å². The molecule has 2 fully saturated rings. The maximum Gasteiger partial charge on any atom is 0.418 e. The van der Waals surface area contributed by atoms with E-state index in [1.165, 1.54) is 16.7 Å². The average Bonchev–Trinajstić information content (AvgIpc) is 3.46. The third-order valence-corrected chi connectivity index (χ3v) is 6.78. The molecule has 180 valence electrons. The Labute approximate surface area is 195 Å². The third kappa shape index (κ3) is 6.27. The number of para-hydroxylation sites is 1. The number of thioether (sulfide) groups is 1. The lowest BCUT2D eigenvalue weighted by atomic mass is 10.1. The van der Waals surface area contributed by atoms with Crippen LogP contribution in [-0.2, 0) is 22.3 Å². The van der Waals surface area contributed by atoms with Gasteiger partial charge in [-0.15, -0.1) is 10.2 Å². The zero-order valence-corrected chi connectivity index (χ0v) is 19.1. The van der Waals surface area contributed by atoms with Crippen molar-refractivity contribution in [2.24, 2.45) is 0 Å². The van der Waals surface area contributed by atoms with Crippen molar-refractivity contribution in [2.45, 2.75) is 56.1 Å². The first-order chi connectivity index (χ1) is 15.9. The number of ether oxygens (including phenoxy) is 1. The van der Waals surface area contributed by atoms with Crippen LogP contribution in [0.5, 0.6) is 0 Å². The summed E-state index contributed by atoms with van der Waals surface area (Å²) in [6.07, 6.45) is 0.663. The Balaban J connectivity index is 1.54. The molecule has 1 atom stereocenters. The van der Waals surface area contributed by atoms with Crippen LogP contribution in [0, 0.1) is 0 Å². The minimum atomic E-state index is -4.52. The van der Waals surface area contributed by atoms with Crippen molar-refractivity contribution in [3.8, 4) is 5.69 Å². The number of aromatic nitrogens is 3. The maximum absolute atomic E-state index is 13.8. The summed E-state index contributed by atoms with van der Waals surface area (Å²) in [5.41, 5.74) is -0.779. The summed E-state index contributed by atoms with van der Waals surface area (Å²) >= 11 is 1.09. The second kappa shape index (κ2) is 10.9. The van der Waals surface area contributed by atoms with Crippen molar-refractivity contribution in [3.63, 3.8) is 0 Å². The fourth-order valence-corrected chi connectivity index (χ4v) is 4.97. The van der Waals surface area contributed by atoms with Gasteiger partial charge in [-0.2, -0.15) is 13.2 Å². The van der Waals surface area contributed by atoms with E-state index in [1.54, 1.807) is 6.07 Å². The molecule has 1 aromatic carbocycles. The molecule has 3 heterocycles. The number of likely N-dealkylation sites (tertiary alicyclic amines) is 1. The highest BCUT2D eigenvalue weighted by molar-refractivity contribution is 7.99. The van der Waals surface area contributed by atoms with Gasteiger partial charge in [0.25, 0.3) is 0 Å². The van der Waals surface area contributed by atoms with Gasteiger partial charge in [0.1, 0.15) is 0 Å². The lowest BCUT2D eigenvalue weighted by molar-refractivity contribution is -0.137. The van der Waals surface area contributed by atoms with Gasteiger partial charge in [-0.05, 0) is 50.9 Å². The number of nitrogens with zero attached hydrogens (tertiary/aromatic N) is 4. The Bertz CT molecular complexity index is 940. The molecule has 2 aliphatic rings. The van der Waals surface area contributed by atoms with E-state index >= 15 is 0 Å². The fraction of sp³-hybridized carbons (Fsp3) is 0.591. The lowest BCUT2D eigenvalue weighted by Gasteiger charge is -2.26. The van der Waals surface area contributed by atoms with Crippen molar-refractivity contribution in [1.82, 2.24) is 25.0 Å². The van der Waals surface area contributed by atoms with Crippen LogP contribution >= 0.6 is 11.8 Å². The molecule has 1 amide bonds. The molecule has 7 nitrogen and oxygen atoms in total. The molecule has 2 aromatic rings. The minimum Gasteiger partial charge on any atom is -0.376 e. The standard InChI is InChI=1S/C22H28F3N5O2S/c23-22(24,25)17-8-2-3-9-18(17)30-19(14-29-10-4-1-5-11-29)27-28-21(30)33-15-20(31)26-13-16-7-6-12-32-16/h2-3,8-9,16H,1,4-7,10-15H2,(H,26,31). The largest absolute Gasteiger partial charge is 0.418 e. The second-order valence-electron chi connectivity index (χ2n) is 8.31. The number of benzene rings is 1. The van der Waals surface area contributed by atoms with Crippen LogP contribution in [0.25, 0.3) is 5.69 Å². The summed E-state index contributed by atoms with van der Waals surface area (Å²) in [6.45, 7) is 3.30. The van der Waals surface area contributed by atoms with Crippen LogP contribution in [-0.4, -0.2) is 63.7 Å². The van der Waals surface area contributed by atoms with E-state index in [0.29, 0.717) is 25.5 Å². The third-order valence-electron chi connectivity index (χ3n) is 5.85. The van der Waals surface area contributed by atoms with Crippen LogP contribution in [0.15, 0.2) is 29.4 Å². The molecule has 0 saturated carbocycles. The molecule has 11 heteroatoms. The zero-order valence-electron chi connectivity index (χ0n) is 18.3. The highest BCUT2D eigenvalue weighted by Gasteiger charge is 2.35. The molecule has 0 bridgehead atoms. The van der Waals surface area contributed by atoms with Crippen molar-refractivity contribution >= 4 is 17.7 Å². The minimum absolute atomic E-state index is 0.0238. The Morgan fingerprint density at radius 3 is 2.67 bits per heavy atom. The summed E-state index contributed by atoms with van der Waals surface area (Å²) in [4.78, 5) is 14.5. The number of hydrogen-bond donors (Lipinski definition) is 1. The quantitative estimate of drug-likeness (QED) is 0.578. The van der Waals surface area contributed by atoms with Crippen LogP contribution in [0.2, 0.25) is 0 Å². The first-order valence-electron chi connectivity index (χ1n) is 11.3. The van der Waals surface area contributed by atoms with Gasteiger partial charge in [-0.1, -0.05) is 30.3 Å². The van der Waals surface area contributed by atoms with Gasteiger partial charge in [0, 0.05) is 13.2 Å². The van der Waals surface area contributed by atoms with Crippen LogP contribution in [0.1, 0.15) is 43.5 Å². The molecule has 0 aliphatic carbocycles. The fourth-order valence-electron chi connectivity index (χ4n) is 4.18. The maximum atomic E-state index is 13.8. The molecule has 0 spiro atoms. The van der Waals surface area contributed by atoms with Crippen molar-refractivity contribution in [3.05, 3.63) is 35.7 Å². The Morgan fingerprint density at radius 2 is 1.94 bits per heavy atom. The highest BCUT2D eigenvalue weighted by Crippen LogP contribution is 2.36. The molecule has 33 heavy (non-hydrogen) atoms. The number of carbonyl (C=O) groups excluding carboxylic acids is 1. The number of hydrogen-bond acceptors (Lipinski definition) is 6. The number of carbonyl (C=O) groups is 1. The summed E-state index contributed by atoms with van der Waals surface area (Å²) in [5, 5.41) is 11.5. The first kappa shape index (κ1) is 24.0. The summed E-state index contributed by atoms with van der Waals surface area (Å²) in [6, 6.07) is 5.42. The van der Waals surface area contributed by atoms with Crippen molar-refractivity contribution in [1.29, 1.82) is 0 Å². The van der Waals surface area contributed by atoms with E-state index in [-0.39, 0.29) is 28.6 Å². The normalized spacial score (nSPS) is 19.7. The van der Waals surface area contributed by atoms with Gasteiger partial charge >= 0.3 is 6.18 Å². The summed E-state index contributed by atoms with van der Waals surface area (Å²) < 4.78 is 48.3. The van der Waals surface area contributed by atoms with E-state index in [4.69, 9.17) is 4.74 Å². The smallest absolute Gasteiger partial charge is 0.376 e. The van der Waals surface area contributed by atoms with Gasteiger partial charge < -0.3 is 10.1 Å². The van der Waals surface area contributed by atoms with E-state index in [9.17, 15) is 18.0 Å². The molecule has 1 N–H and O–H groups in total. The molecule has 2 saturated heterocycles. The number of nitrogens with one attached hydrogen (secondary N) is 1. The van der Waals surface area contributed by atoms with Gasteiger partial charge in [-0.25, -0.2) is 0 Å². The SMILES string of the molecule is O=C(CSc1nnc(CN2CCCCC2)n1-c1ccccc1C(F)(F)F)NCC1CCCO1. The van der Waals surface area contributed by atoms with Crippen LogP contribution < -0.4 is 5.32 Å². The van der Waals surface area contributed by atoms with Crippen LogP contribution in [0.3, 0.4) is 0 Å². The molecule has 0 radical (unpaired) electrons. The van der Waals surface area contributed by atoms with E-state index in [2.05, 4.69) is 20.4 Å². The van der Waals surface area contributed by atoms with E-state index in [1.807, 2.05) is 0 Å². The number of amides is 1. The average molecular weight is 484 g/mol. The highest BCUT2D eigenvalue weighted by atomic mass is 32.2. The van der Waals surface area contributed by atoms with Gasteiger partial charge in [0.2, 0.25) is 5.91 Å². The van der Waals surface area contributed by atoms with Crippen molar-refractivity contribution in [2.75, 3.05) is 32.0 Å². The molecular weight excluding hydrogens is 455 g/mol. The first-order valence-corrected chi connectivity index (χ1v) is 12.2. The molecule has 1 aromatic heterocycles. The number of rotatable bonds is 8. The predicted octanol–water partition coefficient (Wildman–Crippen LogP) is 3.66. The number of piperidine rings is 1. The summed E-state index contributed by atoms with van der Waals surface area (Å²) in [5.74, 6) is 0.255. The van der Waals surface area contributed by atoms with E-state index in [0.717, 1.165) is 63.0 Å². The Kier molecular flexibility index (Phi) is 7.92. The second-order valence-corrected chi connectivity index (χ2v) is 9.26. The monoisotopic (exact) mass is 483 g/mol. The number of alkyl halides is 3. The van der Waals surface area contributed by atoms with Gasteiger partial charge in [0.05, 0.1) is 29.7 Å². The van der Waals surface area contributed by atoms with Crippen molar-refractivity contribution < 1.29 is 22.7 Å². The zero-order chi connectivity index (χ0) is 23.3. The molecule has 2 aliphatic heterocycles. The lowest BCUT2D eigenvalue weighted by Crippen LogP contribution is -2.33.